The highest BCUT2D eigenvalue weighted by molar-refractivity contribution is 6.31. The predicted molar refractivity (Wildman–Crippen MR) is 74.2 cm³/mol. The second-order valence-corrected chi connectivity index (χ2v) is 4.71. The van der Waals surface area contributed by atoms with Gasteiger partial charge in [-0.2, -0.15) is 0 Å². The van der Waals surface area contributed by atoms with Crippen LogP contribution in [0.5, 0.6) is 0 Å². The lowest BCUT2D eigenvalue weighted by atomic mass is 10.1. The number of aliphatic hydroxyl groups excluding tert-OH is 1. The van der Waals surface area contributed by atoms with Crippen molar-refractivity contribution in [1.82, 2.24) is 9.88 Å². The minimum absolute atomic E-state index is 0.159. The van der Waals surface area contributed by atoms with E-state index in [4.69, 9.17) is 11.6 Å². The Balaban J connectivity index is 2.15. The van der Waals surface area contributed by atoms with Crippen molar-refractivity contribution in [3.8, 4) is 0 Å². The normalized spacial score (nSPS) is 12.2. The van der Waals surface area contributed by atoms with E-state index in [-0.39, 0.29) is 12.5 Å². The number of carbonyl (C=O) groups is 1. The number of halogens is 1. The van der Waals surface area contributed by atoms with E-state index in [0.29, 0.717) is 10.7 Å². The van der Waals surface area contributed by atoms with Crippen molar-refractivity contribution in [2.24, 2.45) is 7.05 Å². The monoisotopic (exact) mass is 278 g/mol. The molecule has 5 heteroatoms. The first-order chi connectivity index (χ1) is 9.11. The van der Waals surface area contributed by atoms with Crippen LogP contribution in [0.2, 0.25) is 5.02 Å². The summed E-state index contributed by atoms with van der Waals surface area (Å²) in [5, 5.41) is 12.7. The third-order valence-electron chi connectivity index (χ3n) is 2.89. The van der Waals surface area contributed by atoms with Gasteiger partial charge in [-0.05, 0) is 11.6 Å². The van der Waals surface area contributed by atoms with Crippen LogP contribution in [0.3, 0.4) is 0 Å². The van der Waals surface area contributed by atoms with Crippen molar-refractivity contribution in [2.45, 2.75) is 6.04 Å². The molecule has 0 fully saturated rings. The van der Waals surface area contributed by atoms with Gasteiger partial charge in [0.25, 0.3) is 5.91 Å². The summed E-state index contributed by atoms with van der Waals surface area (Å²) in [4.78, 5) is 12.1. The van der Waals surface area contributed by atoms with Gasteiger partial charge in [-0.25, -0.2) is 0 Å². The summed E-state index contributed by atoms with van der Waals surface area (Å²) in [6.45, 7) is -0.159. The molecular weight excluding hydrogens is 264 g/mol. The zero-order valence-electron chi connectivity index (χ0n) is 10.5. The van der Waals surface area contributed by atoms with Crippen molar-refractivity contribution in [3.05, 3.63) is 58.9 Å². The SMILES string of the molecule is Cn1cc(Cl)cc1C(=O)NC(CO)c1ccccc1. The molecule has 0 spiro atoms. The lowest BCUT2D eigenvalue weighted by Gasteiger charge is -2.16. The Bertz CT molecular complexity index is 566. The first kappa shape index (κ1) is 13.6. The third kappa shape index (κ3) is 3.16. The van der Waals surface area contributed by atoms with E-state index in [1.165, 1.54) is 0 Å². The Kier molecular flexibility index (Phi) is 4.24. The third-order valence-corrected chi connectivity index (χ3v) is 3.10. The maximum atomic E-state index is 12.1. The van der Waals surface area contributed by atoms with Crippen molar-refractivity contribution in [2.75, 3.05) is 6.61 Å². The van der Waals surface area contributed by atoms with Crippen LogP contribution in [0.15, 0.2) is 42.6 Å². The molecule has 4 nitrogen and oxygen atoms in total. The number of aryl methyl sites for hydroxylation is 1. The fourth-order valence-corrected chi connectivity index (χ4v) is 2.15. The molecule has 0 aliphatic heterocycles. The van der Waals surface area contributed by atoms with Gasteiger partial charge in [-0.15, -0.1) is 0 Å². The molecule has 2 rings (SSSR count). The second-order valence-electron chi connectivity index (χ2n) is 4.27. The number of hydrogen-bond donors (Lipinski definition) is 2. The number of carbonyl (C=O) groups excluding carboxylic acids is 1. The van der Waals surface area contributed by atoms with Crippen LogP contribution < -0.4 is 5.32 Å². The van der Waals surface area contributed by atoms with Gasteiger partial charge in [0.2, 0.25) is 0 Å². The minimum Gasteiger partial charge on any atom is -0.394 e. The zero-order valence-corrected chi connectivity index (χ0v) is 11.3. The molecule has 0 aliphatic rings. The number of benzene rings is 1. The Morgan fingerprint density at radius 3 is 2.63 bits per heavy atom. The van der Waals surface area contributed by atoms with E-state index in [2.05, 4.69) is 5.32 Å². The molecule has 0 saturated heterocycles. The molecule has 1 aromatic heterocycles. The maximum Gasteiger partial charge on any atom is 0.268 e. The molecule has 0 aliphatic carbocycles. The van der Waals surface area contributed by atoms with Gasteiger partial charge < -0.3 is 15.0 Å². The van der Waals surface area contributed by atoms with Gasteiger partial charge in [-0.1, -0.05) is 41.9 Å². The molecular formula is C14H15ClN2O2. The van der Waals surface area contributed by atoms with E-state index in [1.807, 2.05) is 30.3 Å². The van der Waals surface area contributed by atoms with E-state index < -0.39 is 6.04 Å². The minimum atomic E-state index is -0.428. The van der Waals surface area contributed by atoms with Crippen molar-refractivity contribution in [3.63, 3.8) is 0 Å². The Morgan fingerprint density at radius 1 is 1.42 bits per heavy atom. The number of nitrogens with zero attached hydrogens (tertiary/aromatic N) is 1. The van der Waals surface area contributed by atoms with Gasteiger partial charge in [0.15, 0.2) is 0 Å². The van der Waals surface area contributed by atoms with Crippen LogP contribution in [0, 0.1) is 0 Å². The highest BCUT2D eigenvalue weighted by Gasteiger charge is 2.17. The Labute approximate surface area is 116 Å². The van der Waals surface area contributed by atoms with Crippen LogP contribution in [-0.2, 0) is 7.05 Å². The molecule has 1 unspecified atom stereocenters. The van der Waals surface area contributed by atoms with Crippen LogP contribution in [-0.4, -0.2) is 22.2 Å². The van der Waals surface area contributed by atoms with E-state index in [9.17, 15) is 9.90 Å². The average Bonchev–Trinajstić information content (AvgIpc) is 2.76. The number of amides is 1. The van der Waals surface area contributed by atoms with E-state index in [1.54, 1.807) is 23.9 Å². The first-order valence-electron chi connectivity index (χ1n) is 5.90. The number of nitrogens with one attached hydrogen (secondary N) is 1. The molecule has 1 atom stereocenters. The van der Waals surface area contributed by atoms with Crippen LogP contribution >= 0.6 is 11.6 Å². The fraction of sp³-hybridized carbons (Fsp3) is 0.214. The highest BCUT2D eigenvalue weighted by atomic mass is 35.5. The molecule has 1 aromatic carbocycles. The molecule has 1 heterocycles. The summed E-state index contributed by atoms with van der Waals surface area (Å²) in [5.41, 5.74) is 1.32. The summed E-state index contributed by atoms with van der Waals surface area (Å²) < 4.78 is 1.65. The zero-order chi connectivity index (χ0) is 13.8. The topological polar surface area (TPSA) is 54.3 Å². The number of hydrogen-bond acceptors (Lipinski definition) is 2. The van der Waals surface area contributed by atoms with Crippen molar-refractivity contribution < 1.29 is 9.90 Å². The maximum absolute atomic E-state index is 12.1. The van der Waals surface area contributed by atoms with Gasteiger partial charge in [0.1, 0.15) is 5.69 Å². The number of rotatable bonds is 4. The Hall–Kier alpha value is -1.78. The molecule has 1 amide bonds. The largest absolute Gasteiger partial charge is 0.394 e. The molecule has 0 saturated carbocycles. The average molecular weight is 279 g/mol. The predicted octanol–water partition coefficient (Wildman–Crippen LogP) is 2.14. The van der Waals surface area contributed by atoms with Gasteiger partial charge in [0.05, 0.1) is 17.7 Å². The molecule has 2 aromatic rings. The fourth-order valence-electron chi connectivity index (χ4n) is 1.90. The lowest BCUT2D eigenvalue weighted by Crippen LogP contribution is -2.31. The molecule has 100 valence electrons. The highest BCUT2D eigenvalue weighted by Crippen LogP contribution is 2.16. The molecule has 2 N–H and O–H groups in total. The standard InChI is InChI=1S/C14H15ClN2O2/c1-17-8-11(15)7-13(17)14(19)16-12(9-18)10-5-3-2-4-6-10/h2-8,12,18H,9H2,1H3,(H,16,19). The molecule has 19 heavy (non-hydrogen) atoms. The molecule has 0 radical (unpaired) electrons. The van der Waals surface area contributed by atoms with Crippen LogP contribution in [0.4, 0.5) is 0 Å². The summed E-state index contributed by atoms with van der Waals surface area (Å²) in [7, 11) is 1.75. The molecule has 0 bridgehead atoms. The van der Waals surface area contributed by atoms with Gasteiger partial charge in [0, 0.05) is 13.2 Å². The Morgan fingerprint density at radius 2 is 2.11 bits per heavy atom. The lowest BCUT2D eigenvalue weighted by molar-refractivity contribution is 0.0908. The number of aliphatic hydroxyl groups is 1. The van der Waals surface area contributed by atoms with E-state index in [0.717, 1.165) is 5.56 Å². The van der Waals surface area contributed by atoms with Gasteiger partial charge >= 0.3 is 0 Å². The van der Waals surface area contributed by atoms with Crippen molar-refractivity contribution >= 4 is 17.5 Å². The van der Waals surface area contributed by atoms with E-state index >= 15 is 0 Å². The first-order valence-corrected chi connectivity index (χ1v) is 6.28. The summed E-state index contributed by atoms with van der Waals surface area (Å²) in [6, 6.07) is 10.5. The number of aromatic nitrogens is 1. The van der Waals surface area contributed by atoms with Crippen LogP contribution in [0.1, 0.15) is 22.1 Å². The quantitative estimate of drug-likeness (QED) is 0.900. The van der Waals surface area contributed by atoms with Crippen molar-refractivity contribution in [1.29, 1.82) is 0 Å². The summed E-state index contributed by atoms with van der Waals surface area (Å²) >= 11 is 5.85. The summed E-state index contributed by atoms with van der Waals surface area (Å²) in [5.74, 6) is -0.266. The van der Waals surface area contributed by atoms with Gasteiger partial charge in [-0.3, -0.25) is 4.79 Å². The smallest absolute Gasteiger partial charge is 0.268 e. The second kappa shape index (κ2) is 5.91. The van der Waals surface area contributed by atoms with Crippen LogP contribution in [0.25, 0.3) is 0 Å². The summed E-state index contributed by atoms with van der Waals surface area (Å²) in [6.07, 6.45) is 1.66.